The summed E-state index contributed by atoms with van der Waals surface area (Å²) < 4.78 is 5.53. The van der Waals surface area contributed by atoms with E-state index in [2.05, 4.69) is 36.2 Å². The van der Waals surface area contributed by atoms with Crippen LogP contribution in [0.1, 0.15) is 28.8 Å². The van der Waals surface area contributed by atoms with E-state index in [9.17, 15) is 9.59 Å². The number of para-hydroxylation sites is 1. The van der Waals surface area contributed by atoms with Crippen LogP contribution in [0.15, 0.2) is 40.8 Å². The zero-order chi connectivity index (χ0) is 20.3. The van der Waals surface area contributed by atoms with Crippen molar-refractivity contribution in [3.8, 4) is 0 Å². The monoisotopic (exact) mass is 384 g/mol. The Labute approximate surface area is 165 Å². The SMILES string of the molecule is Cc1ccccc1N1CCN(C(=O)NCc2ccc(C(=O)N(C)C)o2)[C@@H](C)C1. The quantitative estimate of drug-likeness (QED) is 0.880. The molecular formula is C21H28N4O3. The summed E-state index contributed by atoms with van der Waals surface area (Å²) in [4.78, 5) is 30.1. The third kappa shape index (κ3) is 4.30. The molecule has 1 aromatic carbocycles. The Morgan fingerprint density at radius 3 is 2.61 bits per heavy atom. The van der Waals surface area contributed by atoms with Crippen LogP contribution in [0.25, 0.3) is 0 Å². The average Bonchev–Trinajstić information content (AvgIpc) is 3.14. The lowest BCUT2D eigenvalue weighted by Crippen LogP contribution is -2.56. The van der Waals surface area contributed by atoms with Crippen molar-refractivity contribution in [2.45, 2.75) is 26.4 Å². The van der Waals surface area contributed by atoms with Gasteiger partial charge in [0.2, 0.25) is 0 Å². The predicted octanol–water partition coefficient (Wildman–Crippen LogP) is 2.71. The molecule has 0 saturated carbocycles. The van der Waals surface area contributed by atoms with Crippen molar-refractivity contribution in [3.05, 3.63) is 53.5 Å². The fourth-order valence-corrected chi connectivity index (χ4v) is 3.47. The minimum Gasteiger partial charge on any atom is -0.454 e. The van der Waals surface area contributed by atoms with Gasteiger partial charge in [0.1, 0.15) is 5.76 Å². The lowest BCUT2D eigenvalue weighted by molar-refractivity contribution is 0.0794. The molecule has 2 heterocycles. The summed E-state index contributed by atoms with van der Waals surface area (Å²) in [7, 11) is 3.34. The lowest BCUT2D eigenvalue weighted by Gasteiger charge is -2.41. The molecule has 7 nitrogen and oxygen atoms in total. The molecule has 0 radical (unpaired) electrons. The molecule has 0 bridgehead atoms. The van der Waals surface area contributed by atoms with Crippen LogP contribution in [-0.2, 0) is 6.54 Å². The van der Waals surface area contributed by atoms with E-state index in [1.807, 2.05) is 17.0 Å². The molecule has 1 saturated heterocycles. The minimum atomic E-state index is -0.196. The first-order valence-electron chi connectivity index (χ1n) is 9.52. The van der Waals surface area contributed by atoms with Crippen molar-refractivity contribution in [1.29, 1.82) is 0 Å². The number of aryl methyl sites for hydroxylation is 1. The van der Waals surface area contributed by atoms with Crippen LogP contribution >= 0.6 is 0 Å². The van der Waals surface area contributed by atoms with Crippen molar-refractivity contribution in [3.63, 3.8) is 0 Å². The van der Waals surface area contributed by atoms with Gasteiger partial charge in [-0.25, -0.2) is 4.79 Å². The van der Waals surface area contributed by atoms with Gasteiger partial charge >= 0.3 is 6.03 Å². The number of carbonyl (C=O) groups excluding carboxylic acids is 2. The third-order valence-electron chi connectivity index (χ3n) is 5.04. The first-order chi connectivity index (χ1) is 13.4. The summed E-state index contributed by atoms with van der Waals surface area (Å²) in [5.41, 5.74) is 2.47. The Bertz CT molecular complexity index is 846. The van der Waals surface area contributed by atoms with Crippen LogP contribution in [0, 0.1) is 6.92 Å². The Balaban J connectivity index is 1.54. The number of nitrogens with zero attached hydrogens (tertiary/aromatic N) is 3. The second kappa shape index (κ2) is 8.37. The van der Waals surface area contributed by atoms with Gasteiger partial charge in [0, 0.05) is 45.5 Å². The highest BCUT2D eigenvalue weighted by atomic mass is 16.4. The Morgan fingerprint density at radius 2 is 1.93 bits per heavy atom. The predicted molar refractivity (Wildman–Crippen MR) is 109 cm³/mol. The van der Waals surface area contributed by atoms with Crippen LogP contribution in [-0.4, -0.2) is 61.5 Å². The second-order valence-electron chi connectivity index (χ2n) is 7.40. The highest BCUT2D eigenvalue weighted by Crippen LogP contribution is 2.23. The van der Waals surface area contributed by atoms with E-state index in [-0.39, 0.29) is 30.3 Å². The smallest absolute Gasteiger partial charge is 0.318 e. The van der Waals surface area contributed by atoms with E-state index in [1.54, 1.807) is 26.2 Å². The molecule has 1 N–H and O–H groups in total. The molecule has 7 heteroatoms. The van der Waals surface area contributed by atoms with Crippen molar-refractivity contribution in [1.82, 2.24) is 15.1 Å². The standard InChI is InChI=1S/C21H28N4O3/c1-15-7-5-6-8-18(15)24-11-12-25(16(2)14-24)21(27)22-13-17-9-10-19(28-17)20(26)23(3)4/h5-10,16H,11-14H2,1-4H3,(H,22,27)/t16-/m0/s1. The number of hydrogen-bond donors (Lipinski definition) is 1. The summed E-state index contributed by atoms with van der Waals surface area (Å²) in [6, 6.07) is 11.6. The van der Waals surface area contributed by atoms with Crippen molar-refractivity contribution >= 4 is 17.6 Å². The van der Waals surface area contributed by atoms with Gasteiger partial charge in [-0.15, -0.1) is 0 Å². The second-order valence-corrected chi connectivity index (χ2v) is 7.40. The zero-order valence-electron chi connectivity index (χ0n) is 16.9. The maximum atomic E-state index is 12.6. The first-order valence-corrected chi connectivity index (χ1v) is 9.52. The fraction of sp³-hybridized carbons (Fsp3) is 0.429. The number of carbonyl (C=O) groups is 2. The molecule has 1 fully saturated rings. The molecule has 150 valence electrons. The van der Waals surface area contributed by atoms with E-state index >= 15 is 0 Å². The molecule has 28 heavy (non-hydrogen) atoms. The number of anilines is 1. The number of nitrogens with one attached hydrogen (secondary N) is 1. The van der Waals surface area contributed by atoms with E-state index in [0.717, 1.165) is 13.1 Å². The van der Waals surface area contributed by atoms with Crippen LogP contribution in [0.5, 0.6) is 0 Å². The summed E-state index contributed by atoms with van der Waals surface area (Å²) >= 11 is 0. The van der Waals surface area contributed by atoms with E-state index in [4.69, 9.17) is 4.42 Å². The number of furan rings is 1. The van der Waals surface area contributed by atoms with Crippen molar-refractivity contribution in [2.24, 2.45) is 0 Å². The number of benzene rings is 1. The highest BCUT2D eigenvalue weighted by molar-refractivity contribution is 5.91. The fourth-order valence-electron chi connectivity index (χ4n) is 3.47. The molecular weight excluding hydrogens is 356 g/mol. The molecule has 3 amide bonds. The Hall–Kier alpha value is -2.96. The van der Waals surface area contributed by atoms with Gasteiger partial charge < -0.3 is 24.4 Å². The lowest BCUT2D eigenvalue weighted by atomic mass is 10.1. The van der Waals surface area contributed by atoms with Gasteiger partial charge in [0.15, 0.2) is 5.76 Å². The Kier molecular flexibility index (Phi) is 5.92. The molecule has 1 aliphatic heterocycles. The number of piperazine rings is 1. The number of amides is 3. The van der Waals surface area contributed by atoms with Gasteiger partial charge in [-0.2, -0.15) is 0 Å². The number of rotatable bonds is 4. The van der Waals surface area contributed by atoms with Crippen LogP contribution in [0.3, 0.4) is 0 Å². The molecule has 3 rings (SSSR count). The van der Waals surface area contributed by atoms with E-state index in [1.165, 1.54) is 16.2 Å². The Morgan fingerprint density at radius 1 is 1.18 bits per heavy atom. The van der Waals surface area contributed by atoms with Crippen molar-refractivity contribution in [2.75, 3.05) is 38.6 Å². The maximum absolute atomic E-state index is 12.6. The van der Waals surface area contributed by atoms with Crippen molar-refractivity contribution < 1.29 is 14.0 Å². The minimum absolute atomic E-state index is 0.0934. The molecule has 1 atom stereocenters. The molecule has 2 aromatic rings. The van der Waals surface area contributed by atoms with Crippen LogP contribution in [0.2, 0.25) is 0 Å². The van der Waals surface area contributed by atoms with Gasteiger partial charge in [0.25, 0.3) is 5.91 Å². The van der Waals surface area contributed by atoms with Gasteiger partial charge in [-0.05, 0) is 37.6 Å². The molecule has 0 spiro atoms. The van der Waals surface area contributed by atoms with Gasteiger partial charge in [-0.3, -0.25) is 4.79 Å². The average molecular weight is 384 g/mol. The van der Waals surface area contributed by atoms with Crippen LogP contribution in [0.4, 0.5) is 10.5 Å². The summed E-state index contributed by atoms with van der Waals surface area (Å²) in [6.45, 7) is 6.67. The number of urea groups is 1. The number of hydrogen-bond acceptors (Lipinski definition) is 4. The summed E-state index contributed by atoms with van der Waals surface area (Å²) in [6.07, 6.45) is 0. The highest BCUT2D eigenvalue weighted by Gasteiger charge is 2.28. The third-order valence-corrected chi connectivity index (χ3v) is 5.04. The summed E-state index contributed by atoms with van der Waals surface area (Å²) in [5, 5.41) is 2.90. The molecule has 0 unspecified atom stereocenters. The first kappa shape index (κ1) is 19.8. The van der Waals surface area contributed by atoms with Gasteiger partial charge in [0.05, 0.1) is 6.54 Å². The van der Waals surface area contributed by atoms with E-state index < -0.39 is 0 Å². The van der Waals surface area contributed by atoms with E-state index in [0.29, 0.717) is 12.3 Å². The summed E-state index contributed by atoms with van der Waals surface area (Å²) in [5.74, 6) is 0.637. The molecule has 0 aliphatic carbocycles. The topological polar surface area (TPSA) is 69.0 Å². The largest absolute Gasteiger partial charge is 0.454 e. The maximum Gasteiger partial charge on any atom is 0.318 e. The molecule has 1 aliphatic rings. The molecule has 1 aromatic heterocycles. The normalized spacial score (nSPS) is 16.8. The van der Waals surface area contributed by atoms with Crippen LogP contribution < -0.4 is 10.2 Å². The zero-order valence-corrected chi connectivity index (χ0v) is 16.9. The van der Waals surface area contributed by atoms with Gasteiger partial charge in [-0.1, -0.05) is 18.2 Å².